The van der Waals surface area contributed by atoms with Gasteiger partial charge in [-0.1, -0.05) is 6.07 Å². The van der Waals surface area contributed by atoms with E-state index in [-0.39, 0.29) is 16.7 Å². The van der Waals surface area contributed by atoms with Crippen LogP contribution in [0.1, 0.15) is 15.9 Å². The summed E-state index contributed by atoms with van der Waals surface area (Å²) < 4.78 is 0. The van der Waals surface area contributed by atoms with E-state index in [0.29, 0.717) is 0 Å². The zero-order valence-corrected chi connectivity index (χ0v) is 11.7. The highest BCUT2D eigenvalue weighted by Gasteiger charge is 2.37. The van der Waals surface area contributed by atoms with E-state index in [1.165, 1.54) is 26.2 Å². The molecule has 1 aliphatic rings. The molecule has 0 bridgehead atoms. The number of aromatic hydroxyl groups is 1. The Bertz CT molecular complexity index is 711. The smallest absolute Gasteiger partial charge is 0.339 e. The number of hydrogen-bond donors (Lipinski definition) is 2. The summed E-state index contributed by atoms with van der Waals surface area (Å²) in [6.45, 7) is 0. The van der Waals surface area contributed by atoms with Crippen LogP contribution in [0.25, 0.3) is 6.08 Å². The number of nitrogens with zero attached hydrogens (tertiary/aromatic N) is 2. The standard InChI is InChI=1S/C14H12N2O6/c1-15-11(18)9(12(19)16(2)14(15)22)6-7-3-4-10(17)8(5-7)13(20)21/h3-6,17H,1-2H3,(H,20,21). The molecule has 1 aromatic rings. The molecule has 0 saturated carbocycles. The van der Waals surface area contributed by atoms with Crippen LogP contribution in [0.4, 0.5) is 4.79 Å². The number of carbonyl (C=O) groups excluding carboxylic acids is 3. The fraction of sp³-hybridized carbons (Fsp3) is 0.143. The first kappa shape index (κ1) is 15.2. The molecule has 0 radical (unpaired) electrons. The SMILES string of the molecule is CN1C(=O)C(=Cc2ccc(O)c(C(=O)O)c2)C(=O)N(C)C1=O. The van der Waals surface area contributed by atoms with Crippen molar-refractivity contribution in [3.8, 4) is 5.75 Å². The average Bonchev–Trinajstić information content (AvgIpc) is 2.49. The lowest BCUT2D eigenvalue weighted by Gasteiger charge is -2.28. The van der Waals surface area contributed by atoms with Gasteiger partial charge in [0.2, 0.25) is 0 Å². The van der Waals surface area contributed by atoms with E-state index in [4.69, 9.17) is 5.11 Å². The van der Waals surface area contributed by atoms with Crippen LogP contribution < -0.4 is 0 Å². The number of carboxylic acid groups (broad SMARTS) is 1. The van der Waals surface area contributed by atoms with Crippen LogP contribution in [0.15, 0.2) is 23.8 Å². The van der Waals surface area contributed by atoms with E-state index in [0.717, 1.165) is 21.9 Å². The predicted molar refractivity (Wildman–Crippen MR) is 74.0 cm³/mol. The van der Waals surface area contributed by atoms with E-state index in [9.17, 15) is 24.3 Å². The van der Waals surface area contributed by atoms with Crippen molar-refractivity contribution in [3.63, 3.8) is 0 Å². The van der Waals surface area contributed by atoms with Crippen LogP contribution in [0, 0.1) is 0 Å². The monoisotopic (exact) mass is 304 g/mol. The summed E-state index contributed by atoms with van der Waals surface area (Å²) in [5.41, 5.74) is -0.391. The van der Waals surface area contributed by atoms with Gasteiger partial charge in [-0.25, -0.2) is 9.59 Å². The molecule has 1 fully saturated rings. The fourth-order valence-electron chi connectivity index (χ4n) is 1.96. The van der Waals surface area contributed by atoms with Gasteiger partial charge in [0.15, 0.2) is 0 Å². The van der Waals surface area contributed by atoms with Crippen molar-refractivity contribution in [1.29, 1.82) is 0 Å². The van der Waals surface area contributed by atoms with Gasteiger partial charge >= 0.3 is 12.0 Å². The first-order chi connectivity index (χ1) is 10.2. The van der Waals surface area contributed by atoms with E-state index < -0.39 is 29.6 Å². The van der Waals surface area contributed by atoms with Gasteiger partial charge in [-0.15, -0.1) is 0 Å². The molecule has 114 valence electrons. The minimum Gasteiger partial charge on any atom is -0.507 e. The zero-order chi connectivity index (χ0) is 16.6. The van der Waals surface area contributed by atoms with Crippen molar-refractivity contribution in [2.75, 3.05) is 14.1 Å². The zero-order valence-electron chi connectivity index (χ0n) is 11.7. The Morgan fingerprint density at radius 2 is 1.64 bits per heavy atom. The molecule has 1 aliphatic heterocycles. The maximum atomic E-state index is 12.0. The number of likely N-dealkylation sites (N-methyl/N-ethyl adjacent to an activating group) is 2. The Balaban J connectivity index is 2.50. The number of imide groups is 2. The van der Waals surface area contributed by atoms with Crippen molar-refractivity contribution in [1.82, 2.24) is 9.80 Å². The quantitative estimate of drug-likeness (QED) is 0.608. The van der Waals surface area contributed by atoms with Crippen LogP contribution in [0.3, 0.4) is 0 Å². The molecular weight excluding hydrogens is 292 g/mol. The third-order valence-corrected chi connectivity index (χ3v) is 3.21. The molecule has 1 saturated heterocycles. The molecule has 2 N–H and O–H groups in total. The van der Waals surface area contributed by atoms with Crippen LogP contribution in [-0.4, -0.2) is 57.9 Å². The Morgan fingerprint density at radius 1 is 1.09 bits per heavy atom. The maximum absolute atomic E-state index is 12.0. The lowest BCUT2D eigenvalue weighted by atomic mass is 10.0. The Kier molecular flexibility index (Phi) is 3.68. The third-order valence-electron chi connectivity index (χ3n) is 3.21. The summed E-state index contributed by atoms with van der Waals surface area (Å²) in [5.74, 6) is -3.33. The Labute approximate surface area is 124 Å². The van der Waals surface area contributed by atoms with Gasteiger partial charge in [-0.2, -0.15) is 0 Å². The number of barbiturate groups is 1. The van der Waals surface area contributed by atoms with Gasteiger partial charge in [0.25, 0.3) is 11.8 Å². The number of rotatable bonds is 2. The summed E-state index contributed by atoms with van der Waals surface area (Å²) in [5, 5.41) is 18.4. The molecule has 0 unspecified atom stereocenters. The van der Waals surface area contributed by atoms with E-state index in [2.05, 4.69) is 0 Å². The average molecular weight is 304 g/mol. The van der Waals surface area contributed by atoms with Crippen molar-refractivity contribution in [2.45, 2.75) is 0 Å². The number of hydrogen-bond acceptors (Lipinski definition) is 5. The van der Waals surface area contributed by atoms with Gasteiger partial charge in [-0.3, -0.25) is 19.4 Å². The second-order valence-corrected chi connectivity index (χ2v) is 4.65. The molecule has 1 heterocycles. The van der Waals surface area contributed by atoms with Gasteiger partial charge in [-0.05, 0) is 23.8 Å². The molecule has 22 heavy (non-hydrogen) atoms. The first-order valence-corrected chi connectivity index (χ1v) is 6.12. The molecule has 1 aromatic carbocycles. The molecule has 8 nitrogen and oxygen atoms in total. The summed E-state index contributed by atoms with van der Waals surface area (Å²) in [6.07, 6.45) is 1.18. The topological polar surface area (TPSA) is 115 Å². The Morgan fingerprint density at radius 3 is 2.14 bits per heavy atom. The highest BCUT2D eigenvalue weighted by Crippen LogP contribution is 2.22. The van der Waals surface area contributed by atoms with Crippen LogP contribution in [0.2, 0.25) is 0 Å². The number of urea groups is 1. The lowest BCUT2D eigenvalue weighted by Crippen LogP contribution is -2.52. The molecule has 0 atom stereocenters. The van der Waals surface area contributed by atoms with E-state index in [1.54, 1.807) is 0 Å². The number of benzene rings is 1. The summed E-state index contributed by atoms with van der Waals surface area (Å²) in [6, 6.07) is 2.88. The van der Waals surface area contributed by atoms with Gasteiger partial charge < -0.3 is 10.2 Å². The molecule has 8 heteroatoms. The summed E-state index contributed by atoms with van der Waals surface area (Å²) in [4.78, 5) is 48.1. The van der Waals surface area contributed by atoms with Crippen LogP contribution in [0.5, 0.6) is 5.75 Å². The van der Waals surface area contributed by atoms with Gasteiger partial charge in [0.1, 0.15) is 16.9 Å². The van der Waals surface area contributed by atoms with E-state index >= 15 is 0 Å². The second-order valence-electron chi connectivity index (χ2n) is 4.65. The maximum Gasteiger partial charge on any atom is 0.339 e. The van der Waals surface area contributed by atoms with Gasteiger partial charge in [0.05, 0.1) is 0 Å². The van der Waals surface area contributed by atoms with Crippen molar-refractivity contribution >= 4 is 29.9 Å². The second kappa shape index (κ2) is 5.32. The highest BCUT2D eigenvalue weighted by atomic mass is 16.4. The largest absolute Gasteiger partial charge is 0.507 e. The summed E-state index contributed by atoms with van der Waals surface area (Å²) >= 11 is 0. The minimum atomic E-state index is -1.34. The van der Waals surface area contributed by atoms with E-state index in [1.807, 2.05) is 0 Å². The molecule has 0 spiro atoms. The molecule has 0 aromatic heterocycles. The molecule has 4 amide bonds. The summed E-state index contributed by atoms with van der Waals surface area (Å²) in [7, 11) is 2.47. The van der Waals surface area contributed by atoms with Crippen LogP contribution >= 0.6 is 0 Å². The number of phenols is 1. The lowest BCUT2D eigenvalue weighted by molar-refractivity contribution is -0.134. The van der Waals surface area contributed by atoms with Crippen molar-refractivity contribution < 1.29 is 29.4 Å². The van der Waals surface area contributed by atoms with Gasteiger partial charge in [0, 0.05) is 14.1 Å². The molecule has 2 rings (SSSR count). The normalized spacial score (nSPS) is 15.4. The van der Waals surface area contributed by atoms with Crippen molar-refractivity contribution in [2.24, 2.45) is 0 Å². The number of carboxylic acids is 1. The predicted octanol–water partition coefficient (Wildman–Crippen LogP) is 0.524. The number of amides is 4. The first-order valence-electron chi connectivity index (χ1n) is 6.12. The Hall–Kier alpha value is -3.16. The minimum absolute atomic E-state index is 0.239. The fourth-order valence-corrected chi connectivity index (χ4v) is 1.96. The van der Waals surface area contributed by atoms with Crippen LogP contribution in [-0.2, 0) is 9.59 Å². The highest BCUT2D eigenvalue weighted by molar-refractivity contribution is 6.30. The number of carbonyl (C=O) groups is 4. The molecular formula is C14H12N2O6. The molecule has 0 aliphatic carbocycles. The van der Waals surface area contributed by atoms with Crippen molar-refractivity contribution in [3.05, 3.63) is 34.9 Å². The third kappa shape index (κ3) is 2.41. The number of aromatic carboxylic acids is 1.